The second kappa shape index (κ2) is 11.4. The Kier molecular flexibility index (Phi) is 7.82. The van der Waals surface area contributed by atoms with Crippen molar-refractivity contribution in [1.29, 1.82) is 0 Å². The molecule has 3 amide bonds. The number of halogens is 1. The van der Waals surface area contributed by atoms with Crippen LogP contribution in [0.25, 0.3) is 0 Å². The van der Waals surface area contributed by atoms with E-state index in [1.54, 1.807) is 36.4 Å². The fourth-order valence-electron chi connectivity index (χ4n) is 3.44. The predicted molar refractivity (Wildman–Crippen MR) is 131 cm³/mol. The van der Waals surface area contributed by atoms with E-state index in [0.717, 1.165) is 5.01 Å². The van der Waals surface area contributed by atoms with Crippen molar-refractivity contribution in [2.45, 2.75) is 6.42 Å². The Bertz CT molecular complexity index is 1250. The van der Waals surface area contributed by atoms with Gasteiger partial charge in [-0.15, -0.1) is 0 Å². The lowest BCUT2D eigenvalue weighted by Gasteiger charge is -2.17. The number of rotatable bonds is 8. The minimum atomic E-state index is -0.801. The molecular weight excluding hydrogens is 486 g/mol. The first kappa shape index (κ1) is 24.7. The van der Waals surface area contributed by atoms with Gasteiger partial charge in [0.25, 0.3) is 11.8 Å². The van der Waals surface area contributed by atoms with Gasteiger partial charge in [0.1, 0.15) is 11.5 Å². The lowest BCUT2D eigenvalue weighted by atomic mass is 10.1. The minimum Gasteiger partial charge on any atom is -0.457 e. The van der Waals surface area contributed by atoms with Crippen molar-refractivity contribution in [2.24, 2.45) is 5.92 Å². The van der Waals surface area contributed by atoms with E-state index in [2.05, 4.69) is 10.7 Å². The van der Waals surface area contributed by atoms with E-state index in [-0.39, 0.29) is 13.0 Å². The van der Waals surface area contributed by atoms with Gasteiger partial charge in [0, 0.05) is 22.7 Å². The fraction of sp³-hybridized carbons (Fsp3) is 0.154. The maximum Gasteiger partial charge on any atom is 0.311 e. The van der Waals surface area contributed by atoms with Crippen LogP contribution in [0.5, 0.6) is 11.5 Å². The lowest BCUT2D eigenvalue weighted by molar-refractivity contribution is -0.151. The van der Waals surface area contributed by atoms with Crippen molar-refractivity contribution >= 4 is 41.0 Å². The number of hydrogen-bond donors (Lipinski definition) is 2. The summed E-state index contributed by atoms with van der Waals surface area (Å²) in [6.07, 6.45) is -0.135. The third kappa shape index (κ3) is 6.61. The van der Waals surface area contributed by atoms with Crippen molar-refractivity contribution in [3.8, 4) is 11.5 Å². The first-order valence-corrected chi connectivity index (χ1v) is 11.4. The molecule has 184 valence electrons. The Hall–Kier alpha value is -4.37. The Morgan fingerprint density at radius 1 is 0.917 bits per heavy atom. The molecular formula is C26H22ClN3O6. The van der Waals surface area contributed by atoms with Gasteiger partial charge in [0.2, 0.25) is 5.91 Å². The Morgan fingerprint density at radius 2 is 1.58 bits per heavy atom. The summed E-state index contributed by atoms with van der Waals surface area (Å²) in [5.74, 6) is -1.68. The number of amides is 3. The summed E-state index contributed by atoms with van der Waals surface area (Å²) in [5, 5.41) is 4.18. The zero-order valence-electron chi connectivity index (χ0n) is 19.0. The number of carbonyl (C=O) groups is 4. The van der Waals surface area contributed by atoms with Crippen LogP contribution in [0.4, 0.5) is 5.69 Å². The zero-order valence-corrected chi connectivity index (χ0v) is 19.7. The molecule has 0 spiro atoms. The summed E-state index contributed by atoms with van der Waals surface area (Å²) in [6, 6.07) is 22.1. The van der Waals surface area contributed by atoms with Crippen molar-refractivity contribution in [3.05, 3.63) is 89.4 Å². The zero-order chi connectivity index (χ0) is 25.5. The summed E-state index contributed by atoms with van der Waals surface area (Å²) in [4.78, 5) is 49.1. The molecule has 36 heavy (non-hydrogen) atoms. The molecule has 0 bridgehead atoms. The third-order valence-corrected chi connectivity index (χ3v) is 5.52. The van der Waals surface area contributed by atoms with Crippen LogP contribution < -0.4 is 15.5 Å². The normalized spacial score (nSPS) is 14.8. The molecule has 0 radical (unpaired) electrons. The molecule has 10 heteroatoms. The van der Waals surface area contributed by atoms with Gasteiger partial charge in [-0.2, -0.15) is 0 Å². The van der Waals surface area contributed by atoms with Crippen LogP contribution in [-0.4, -0.2) is 41.9 Å². The molecule has 3 aromatic carbocycles. The second-order valence-electron chi connectivity index (χ2n) is 7.95. The third-order valence-electron chi connectivity index (χ3n) is 5.26. The van der Waals surface area contributed by atoms with Crippen LogP contribution in [0.1, 0.15) is 16.8 Å². The predicted octanol–water partition coefficient (Wildman–Crippen LogP) is 3.81. The van der Waals surface area contributed by atoms with Crippen molar-refractivity contribution < 1.29 is 28.7 Å². The number of para-hydroxylation sites is 1. The highest BCUT2D eigenvalue weighted by atomic mass is 35.5. The number of anilines is 1. The standard InChI is InChI=1S/C26H22ClN3O6/c27-19-8-6-17(7-9-19)25(33)29-30-15-18(14-24(30)32)26(34)35-16-23(31)28-20-10-12-22(13-11-20)36-21-4-2-1-3-5-21/h1-13,18H,14-16H2,(H,28,31)(H,29,33)/t18-/m1/s1. The number of nitrogens with one attached hydrogen (secondary N) is 2. The van der Waals surface area contributed by atoms with Gasteiger partial charge < -0.3 is 14.8 Å². The summed E-state index contributed by atoms with van der Waals surface area (Å²) in [5.41, 5.74) is 3.29. The van der Waals surface area contributed by atoms with Gasteiger partial charge in [-0.3, -0.25) is 29.6 Å². The number of hydrogen-bond acceptors (Lipinski definition) is 6. The van der Waals surface area contributed by atoms with Gasteiger partial charge in [0.05, 0.1) is 12.5 Å². The Balaban J connectivity index is 1.21. The van der Waals surface area contributed by atoms with Crippen LogP contribution in [0, 0.1) is 5.92 Å². The van der Waals surface area contributed by atoms with E-state index < -0.39 is 36.2 Å². The number of esters is 1. The maximum atomic E-state index is 12.4. The van der Waals surface area contributed by atoms with E-state index >= 15 is 0 Å². The van der Waals surface area contributed by atoms with Crippen LogP contribution in [0.3, 0.4) is 0 Å². The van der Waals surface area contributed by atoms with Gasteiger partial charge >= 0.3 is 5.97 Å². The molecule has 1 aliphatic heterocycles. The van der Waals surface area contributed by atoms with Crippen molar-refractivity contribution in [3.63, 3.8) is 0 Å². The number of carbonyl (C=O) groups excluding carboxylic acids is 4. The first-order chi connectivity index (χ1) is 17.4. The second-order valence-corrected chi connectivity index (χ2v) is 8.39. The summed E-state index contributed by atoms with van der Waals surface area (Å²) < 4.78 is 10.8. The number of hydrazine groups is 1. The molecule has 2 N–H and O–H groups in total. The van der Waals surface area contributed by atoms with E-state index in [1.807, 2.05) is 30.3 Å². The van der Waals surface area contributed by atoms with E-state index in [0.29, 0.717) is 27.8 Å². The van der Waals surface area contributed by atoms with Gasteiger partial charge in [0.15, 0.2) is 6.61 Å². The van der Waals surface area contributed by atoms with Gasteiger partial charge in [-0.1, -0.05) is 29.8 Å². The van der Waals surface area contributed by atoms with Crippen molar-refractivity contribution in [1.82, 2.24) is 10.4 Å². The molecule has 1 heterocycles. The molecule has 3 aromatic rings. The number of nitrogens with zero attached hydrogens (tertiary/aromatic N) is 1. The smallest absolute Gasteiger partial charge is 0.311 e. The summed E-state index contributed by atoms with van der Waals surface area (Å²) >= 11 is 5.81. The molecule has 1 fully saturated rings. The average Bonchev–Trinajstić information content (AvgIpc) is 3.25. The van der Waals surface area contributed by atoms with E-state index in [4.69, 9.17) is 21.1 Å². The van der Waals surface area contributed by atoms with Crippen LogP contribution in [-0.2, 0) is 19.1 Å². The van der Waals surface area contributed by atoms with Crippen LogP contribution in [0.2, 0.25) is 5.02 Å². The fourth-order valence-corrected chi connectivity index (χ4v) is 3.57. The molecule has 0 aromatic heterocycles. The number of ether oxygens (including phenoxy) is 2. The highest BCUT2D eigenvalue weighted by Crippen LogP contribution is 2.23. The maximum absolute atomic E-state index is 12.4. The molecule has 1 aliphatic rings. The first-order valence-electron chi connectivity index (χ1n) is 11.0. The average molecular weight is 508 g/mol. The van der Waals surface area contributed by atoms with Crippen LogP contribution >= 0.6 is 11.6 Å². The minimum absolute atomic E-state index is 0.0541. The van der Waals surface area contributed by atoms with Gasteiger partial charge in [-0.25, -0.2) is 0 Å². The van der Waals surface area contributed by atoms with Crippen molar-refractivity contribution in [2.75, 3.05) is 18.5 Å². The van der Waals surface area contributed by atoms with E-state index in [9.17, 15) is 19.2 Å². The van der Waals surface area contributed by atoms with Crippen LogP contribution in [0.15, 0.2) is 78.9 Å². The molecule has 0 aliphatic carbocycles. The van der Waals surface area contributed by atoms with Gasteiger partial charge in [-0.05, 0) is 60.7 Å². The molecule has 4 rings (SSSR count). The lowest BCUT2D eigenvalue weighted by Crippen LogP contribution is -2.43. The molecule has 1 saturated heterocycles. The summed E-state index contributed by atoms with van der Waals surface area (Å²) in [7, 11) is 0. The van der Waals surface area contributed by atoms with E-state index in [1.165, 1.54) is 12.1 Å². The monoisotopic (exact) mass is 507 g/mol. The quantitative estimate of drug-likeness (QED) is 0.448. The largest absolute Gasteiger partial charge is 0.457 e. The molecule has 9 nitrogen and oxygen atoms in total. The summed E-state index contributed by atoms with van der Waals surface area (Å²) in [6.45, 7) is -0.565. The Morgan fingerprint density at radius 3 is 2.28 bits per heavy atom. The molecule has 1 atom stereocenters. The topological polar surface area (TPSA) is 114 Å². The SMILES string of the molecule is O=C(COC(=O)[C@@H]1CC(=O)N(NC(=O)c2ccc(Cl)cc2)C1)Nc1ccc(Oc2ccccc2)cc1. The molecule has 0 unspecified atom stereocenters. The molecule has 0 saturated carbocycles. The Labute approximate surface area is 211 Å². The number of benzene rings is 3. The highest BCUT2D eigenvalue weighted by Gasteiger charge is 2.36. The highest BCUT2D eigenvalue weighted by molar-refractivity contribution is 6.30.